The number of rotatable bonds is 3. The second-order valence-electron chi connectivity index (χ2n) is 3.92. The van der Waals surface area contributed by atoms with Crippen LogP contribution in [0.25, 0.3) is 0 Å². The fraction of sp³-hybridized carbons (Fsp3) is 1.00. The van der Waals surface area contributed by atoms with Gasteiger partial charge in [0, 0.05) is 24.7 Å². The van der Waals surface area contributed by atoms with Gasteiger partial charge in [0.15, 0.2) is 0 Å². The summed E-state index contributed by atoms with van der Waals surface area (Å²) in [5.74, 6) is 6.09. The molecule has 1 aliphatic heterocycles. The van der Waals surface area contributed by atoms with Crippen molar-refractivity contribution in [3.8, 4) is 0 Å². The van der Waals surface area contributed by atoms with Crippen LogP contribution in [-0.2, 0) is 0 Å². The number of nitrogens with one attached hydrogen (secondary N) is 1. The topological polar surface area (TPSA) is 41.3 Å². The first-order chi connectivity index (χ1) is 6.21. The van der Waals surface area contributed by atoms with Crippen molar-refractivity contribution in [3.05, 3.63) is 0 Å². The molecule has 1 aliphatic rings. The Balaban J connectivity index is 2.81. The molecule has 0 saturated carbocycles. The summed E-state index contributed by atoms with van der Waals surface area (Å²) >= 11 is 0. The van der Waals surface area contributed by atoms with Gasteiger partial charge < -0.3 is 5.32 Å². The molecule has 0 bridgehead atoms. The average Bonchev–Trinajstić information content (AvgIpc) is 2.18. The zero-order valence-corrected chi connectivity index (χ0v) is 9.14. The molecule has 0 aromatic carbocycles. The fourth-order valence-electron chi connectivity index (χ4n) is 2.65. The van der Waals surface area contributed by atoms with Crippen LogP contribution in [0.2, 0.25) is 0 Å². The summed E-state index contributed by atoms with van der Waals surface area (Å²) in [5.41, 5.74) is 0.188. The van der Waals surface area contributed by atoms with Crippen molar-refractivity contribution in [1.29, 1.82) is 0 Å². The maximum absolute atomic E-state index is 6.09. The average molecular weight is 185 g/mol. The molecule has 1 unspecified atom stereocenters. The largest absolute Gasteiger partial charge is 0.311 e. The van der Waals surface area contributed by atoms with Gasteiger partial charge in [-0.3, -0.25) is 5.84 Å². The van der Waals surface area contributed by atoms with E-state index in [1.807, 2.05) is 0 Å². The summed E-state index contributed by atoms with van der Waals surface area (Å²) in [4.78, 5) is 0. The normalized spacial score (nSPS) is 29.1. The minimum atomic E-state index is 0.188. The standard InChI is InChI=1S/C10H23N3/c1-4-9-10(5-2,6-3)13(11)8-7-12-9/h9,12H,4-8,11H2,1-3H3. The molecular weight excluding hydrogens is 162 g/mol. The Labute approximate surface area is 81.6 Å². The van der Waals surface area contributed by atoms with E-state index in [4.69, 9.17) is 5.84 Å². The van der Waals surface area contributed by atoms with Crippen molar-refractivity contribution < 1.29 is 0 Å². The van der Waals surface area contributed by atoms with Gasteiger partial charge in [-0.15, -0.1) is 0 Å². The number of hydrogen-bond acceptors (Lipinski definition) is 3. The summed E-state index contributed by atoms with van der Waals surface area (Å²) in [7, 11) is 0. The molecule has 1 rings (SSSR count). The summed E-state index contributed by atoms with van der Waals surface area (Å²) in [6.45, 7) is 8.70. The molecule has 0 radical (unpaired) electrons. The highest BCUT2D eigenvalue weighted by molar-refractivity contribution is 4.99. The van der Waals surface area contributed by atoms with Gasteiger partial charge in [0.05, 0.1) is 0 Å². The van der Waals surface area contributed by atoms with Crippen LogP contribution in [0.15, 0.2) is 0 Å². The molecule has 3 N–H and O–H groups in total. The number of piperazine rings is 1. The van der Waals surface area contributed by atoms with Crippen molar-refractivity contribution >= 4 is 0 Å². The van der Waals surface area contributed by atoms with E-state index in [-0.39, 0.29) is 5.54 Å². The molecule has 1 saturated heterocycles. The number of hydrazine groups is 1. The van der Waals surface area contributed by atoms with E-state index in [1.165, 1.54) is 0 Å². The van der Waals surface area contributed by atoms with Crippen molar-refractivity contribution in [2.24, 2.45) is 5.84 Å². The highest BCUT2D eigenvalue weighted by Gasteiger charge is 2.41. The van der Waals surface area contributed by atoms with Crippen molar-refractivity contribution in [1.82, 2.24) is 10.3 Å². The Kier molecular flexibility index (Phi) is 3.71. The Morgan fingerprint density at radius 1 is 1.38 bits per heavy atom. The third kappa shape index (κ3) is 1.73. The van der Waals surface area contributed by atoms with E-state index in [1.54, 1.807) is 0 Å². The molecule has 1 fully saturated rings. The minimum Gasteiger partial charge on any atom is -0.311 e. The van der Waals surface area contributed by atoms with Crippen LogP contribution in [-0.4, -0.2) is 29.7 Å². The molecule has 13 heavy (non-hydrogen) atoms. The van der Waals surface area contributed by atoms with Crippen molar-refractivity contribution in [2.45, 2.75) is 51.6 Å². The van der Waals surface area contributed by atoms with Crippen LogP contribution in [0, 0.1) is 0 Å². The summed E-state index contributed by atoms with van der Waals surface area (Å²) < 4.78 is 0. The summed E-state index contributed by atoms with van der Waals surface area (Å²) in [6, 6.07) is 0.557. The maximum atomic E-state index is 6.09. The van der Waals surface area contributed by atoms with Crippen LogP contribution >= 0.6 is 0 Å². The maximum Gasteiger partial charge on any atom is 0.0499 e. The Bertz CT molecular complexity index is 154. The van der Waals surface area contributed by atoms with Gasteiger partial charge in [0.25, 0.3) is 0 Å². The molecule has 0 spiro atoms. The Morgan fingerprint density at radius 3 is 2.38 bits per heavy atom. The van der Waals surface area contributed by atoms with Gasteiger partial charge in [0.1, 0.15) is 0 Å². The van der Waals surface area contributed by atoms with Gasteiger partial charge in [0.2, 0.25) is 0 Å². The van der Waals surface area contributed by atoms with Gasteiger partial charge in [-0.2, -0.15) is 0 Å². The Hall–Kier alpha value is -0.120. The predicted octanol–water partition coefficient (Wildman–Crippen LogP) is 1.10. The number of nitrogens with two attached hydrogens (primary N) is 1. The number of nitrogens with zero attached hydrogens (tertiary/aromatic N) is 1. The highest BCUT2D eigenvalue weighted by atomic mass is 15.5. The molecule has 0 aromatic heterocycles. The lowest BCUT2D eigenvalue weighted by atomic mass is 9.81. The zero-order valence-electron chi connectivity index (χ0n) is 9.14. The van der Waals surface area contributed by atoms with Crippen LogP contribution in [0.1, 0.15) is 40.0 Å². The number of hydrogen-bond donors (Lipinski definition) is 2. The molecule has 1 atom stereocenters. The van der Waals surface area contributed by atoms with Crippen molar-refractivity contribution in [3.63, 3.8) is 0 Å². The van der Waals surface area contributed by atoms with Gasteiger partial charge in [-0.1, -0.05) is 20.8 Å². The molecule has 3 heteroatoms. The molecule has 1 heterocycles. The summed E-state index contributed by atoms with van der Waals surface area (Å²) in [5, 5.41) is 5.62. The van der Waals surface area contributed by atoms with E-state index in [0.29, 0.717) is 6.04 Å². The van der Waals surface area contributed by atoms with E-state index in [2.05, 4.69) is 31.1 Å². The predicted molar refractivity (Wildman–Crippen MR) is 56.3 cm³/mol. The molecule has 78 valence electrons. The van der Waals surface area contributed by atoms with E-state index < -0.39 is 0 Å². The van der Waals surface area contributed by atoms with Crippen molar-refractivity contribution in [2.75, 3.05) is 13.1 Å². The second kappa shape index (κ2) is 4.40. The fourth-order valence-corrected chi connectivity index (χ4v) is 2.65. The molecule has 0 aliphatic carbocycles. The zero-order chi connectivity index (χ0) is 9.90. The third-order valence-corrected chi connectivity index (χ3v) is 3.60. The van der Waals surface area contributed by atoms with Gasteiger partial charge in [-0.25, -0.2) is 5.01 Å². The molecule has 0 aromatic rings. The van der Waals surface area contributed by atoms with Crippen LogP contribution in [0.5, 0.6) is 0 Å². The smallest absolute Gasteiger partial charge is 0.0499 e. The summed E-state index contributed by atoms with van der Waals surface area (Å²) in [6.07, 6.45) is 3.42. The quantitative estimate of drug-likeness (QED) is 0.647. The third-order valence-electron chi connectivity index (χ3n) is 3.60. The van der Waals surface area contributed by atoms with E-state index >= 15 is 0 Å². The molecular formula is C10H23N3. The van der Waals surface area contributed by atoms with Crippen LogP contribution in [0.3, 0.4) is 0 Å². The second-order valence-corrected chi connectivity index (χ2v) is 3.92. The lowest BCUT2D eigenvalue weighted by Gasteiger charge is -2.50. The highest BCUT2D eigenvalue weighted by Crippen LogP contribution is 2.29. The van der Waals surface area contributed by atoms with E-state index in [9.17, 15) is 0 Å². The monoisotopic (exact) mass is 185 g/mol. The van der Waals surface area contributed by atoms with Crippen LogP contribution in [0.4, 0.5) is 0 Å². The van der Waals surface area contributed by atoms with Gasteiger partial charge in [-0.05, 0) is 19.3 Å². The lowest BCUT2D eigenvalue weighted by Crippen LogP contribution is -2.68. The van der Waals surface area contributed by atoms with Crippen LogP contribution < -0.4 is 11.2 Å². The van der Waals surface area contributed by atoms with Gasteiger partial charge >= 0.3 is 0 Å². The first kappa shape index (κ1) is 11.0. The van der Waals surface area contributed by atoms with E-state index in [0.717, 1.165) is 32.4 Å². The SMILES string of the molecule is CCC1NCCN(N)C1(CC)CC. The first-order valence-electron chi connectivity index (χ1n) is 5.47. The lowest BCUT2D eigenvalue weighted by molar-refractivity contribution is 0.0101. The first-order valence-corrected chi connectivity index (χ1v) is 5.47. The Morgan fingerprint density at radius 2 is 2.00 bits per heavy atom. The molecule has 0 amide bonds. The minimum absolute atomic E-state index is 0.188. The molecule has 3 nitrogen and oxygen atoms in total.